The van der Waals surface area contributed by atoms with Gasteiger partial charge in [-0.25, -0.2) is 9.97 Å². The van der Waals surface area contributed by atoms with Crippen LogP contribution in [-0.4, -0.2) is 34.4 Å². The van der Waals surface area contributed by atoms with Crippen LogP contribution in [0.1, 0.15) is 59.1 Å². The molecule has 0 saturated carbocycles. The van der Waals surface area contributed by atoms with Crippen molar-refractivity contribution < 1.29 is 4.79 Å². The lowest BCUT2D eigenvalue weighted by molar-refractivity contribution is 0.0732. The van der Waals surface area contributed by atoms with E-state index in [4.69, 9.17) is 9.97 Å². The van der Waals surface area contributed by atoms with E-state index in [9.17, 15) is 4.79 Å². The predicted octanol–water partition coefficient (Wildman–Crippen LogP) is 8.00. The van der Waals surface area contributed by atoms with Crippen LogP contribution in [0.15, 0.2) is 91.0 Å². The second kappa shape index (κ2) is 11.2. The lowest BCUT2D eigenvalue weighted by Gasteiger charge is -2.29. The van der Waals surface area contributed by atoms with Crippen molar-refractivity contribution in [3.63, 3.8) is 0 Å². The standard InChI is InChI=1S/C37H36N4O/c1-37(2,3)31-19-13-26(14-20-31)10-9-25-11-15-28(16-12-25)36(42)41-22-21-32-33(24-41)39-34(40-35(32)38-4)30-18-17-27-7-5-6-8-29(27)23-30/h5-20,23H,21-22,24H2,1-4H3,(H,38,39,40)/b10-9+. The highest BCUT2D eigenvalue weighted by molar-refractivity contribution is 5.94. The smallest absolute Gasteiger partial charge is 0.254 e. The molecule has 5 heteroatoms. The quantitative estimate of drug-likeness (QED) is 0.224. The number of nitrogens with one attached hydrogen (secondary N) is 1. The van der Waals surface area contributed by atoms with Gasteiger partial charge in [0.05, 0.1) is 12.2 Å². The maximum atomic E-state index is 13.5. The zero-order chi connectivity index (χ0) is 29.3. The fraction of sp³-hybridized carbons (Fsp3) is 0.216. The molecule has 0 radical (unpaired) electrons. The molecule has 0 atom stereocenters. The van der Waals surface area contributed by atoms with E-state index in [1.54, 1.807) is 0 Å². The van der Waals surface area contributed by atoms with Gasteiger partial charge in [-0.05, 0) is 57.5 Å². The first kappa shape index (κ1) is 27.4. The molecule has 1 aliphatic heterocycles. The fourth-order valence-electron chi connectivity index (χ4n) is 5.47. The molecule has 2 heterocycles. The third kappa shape index (κ3) is 5.68. The Balaban J connectivity index is 1.18. The minimum atomic E-state index is 0.0193. The van der Waals surface area contributed by atoms with Crippen LogP contribution in [0.2, 0.25) is 0 Å². The second-order valence-corrected chi connectivity index (χ2v) is 11.9. The average Bonchev–Trinajstić information content (AvgIpc) is 3.02. The molecule has 0 unspecified atom stereocenters. The van der Waals surface area contributed by atoms with Crippen LogP contribution >= 0.6 is 0 Å². The Morgan fingerprint density at radius 3 is 2.17 bits per heavy atom. The van der Waals surface area contributed by atoms with Gasteiger partial charge in [0, 0.05) is 30.3 Å². The third-order valence-electron chi connectivity index (χ3n) is 8.00. The lowest BCUT2D eigenvalue weighted by atomic mass is 9.87. The first-order chi connectivity index (χ1) is 20.3. The molecule has 1 N–H and O–H groups in total. The van der Waals surface area contributed by atoms with Gasteiger partial charge in [0.25, 0.3) is 5.91 Å². The van der Waals surface area contributed by atoms with E-state index < -0.39 is 0 Å². The molecule has 42 heavy (non-hydrogen) atoms. The number of carbonyl (C=O) groups excluding carboxylic acids is 1. The van der Waals surface area contributed by atoms with Gasteiger partial charge < -0.3 is 10.2 Å². The Morgan fingerprint density at radius 1 is 0.833 bits per heavy atom. The number of anilines is 1. The SMILES string of the molecule is CNc1nc(-c2ccc3ccccc3c2)nc2c1CCN(C(=O)c1ccc(/C=C/c3ccc(C(C)(C)C)cc3)cc1)C2. The summed E-state index contributed by atoms with van der Waals surface area (Å²) in [6.07, 6.45) is 4.91. The van der Waals surface area contributed by atoms with E-state index in [2.05, 4.69) is 92.8 Å². The Morgan fingerprint density at radius 2 is 1.50 bits per heavy atom. The largest absolute Gasteiger partial charge is 0.373 e. The van der Waals surface area contributed by atoms with E-state index in [-0.39, 0.29) is 11.3 Å². The van der Waals surface area contributed by atoms with Crippen molar-refractivity contribution in [1.82, 2.24) is 14.9 Å². The van der Waals surface area contributed by atoms with E-state index in [1.165, 1.54) is 10.9 Å². The summed E-state index contributed by atoms with van der Waals surface area (Å²) in [6, 6.07) is 31.1. The Bertz CT molecular complexity index is 1780. The third-order valence-corrected chi connectivity index (χ3v) is 8.00. The molecule has 0 bridgehead atoms. The zero-order valence-corrected chi connectivity index (χ0v) is 24.7. The van der Waals surface area contributed by atoms with Gasteiger partial charge in [0.1, 0.15) is 5.82 Å². The van der Waals surface area contributed by atoms with E-state index >= 15 is 0 Å². The maximum absolute atomic E-state index is 13.5. The number of benzene rings is 4. The molecular formula is C37H36N4O. The number of hydrogen-bond donors (Lipinski definition) is 1. The van der Waals surface area contributed by atoms with Crippen molar-refractivity contribution in [3.8, 4) is 11.4 Å². The van der Waals surface area contributed by atoms with Crippen LogP contribution in [0, 0.1) is 0 Å². The van der Waals surface area contributed by atoms with Crippen molar-refractivity contribution >= 4 is 34.6 Å². The Hall–Kier alpha value is -4.77. The zero-order valence-electron chi connectivity index (χ0n) is 24.7. The summed E-state index contributed by atoms with van der Waals surface area (Å²) < 4.78 is 0. The van der Waals surface area contributed by atoms with Crippen molar-refractivity contribution in [1.29, 1.82) is 0 Å². The number of nitrogens with zero attached hydrogens (tertiary/aromatic N) is 3. The van der Waals surface area contributed by atoms with Crippen molar-refractivity contribution in [2.75, 3.05) is 18.9 Å². The minimum absolute atomic E-state index is 0.0193. The molecule has 0 spiro atoms. The summed E-state index contributed by atoms with van der Waals surface area (Å²) in [4.78, 5) is 25.2. The number of aromatic nitrogens is 2. The number of fused-ring (bicyclic) bond motifs is 2. The summed E-state index contributed by atoms with van der Waals surface area (Å²) in [5.74, 6) is 1.52. The highest BCUT2D eigenvalue weighted by atomic mass is 16.2. The predicted molar refractivity (Wildman–Crippen MR) is 173 cm³/mol. The van der Waals surface area contributed by atoms with Crippen molar-refractivity contribution in [2.24, 2.45) is 0 Å². The van der Waals surface area contributed by atoms with Gasteiger partial charge in [-0.2, -0.15) is 0 Å². The molecule has 0 aliphatic carbocycles. The number of hydrogen-bond acceptors (Lipinski definition) is 4. The van der Waals surface area contributed by atoms with Crippen LogP contribution in [-0.2, 0) is 18.4 Å². The minimum Gasteiger partial charge on any atom is -0.373 e. The monoisotopic (exact) mass is 552 g/mol. The van der Waals surface area contributed by atoms with Gasteiger partial charge >= 0.3 is 0 Å². The Kier molecular flexibility index (Phi) is 7.34. The molecule has 1 aliphatic rings. The second-order valence-electron chi connectivity index (χ2n) is 11.9. The van der Waals surface area contributed by atoms with Gasteiger partial charge in [-0.3, -0.25) is 4.79 Å². The molecule has 1 amide bonds. The summed E-state index contributed by atoms with van der Waals surface area (Å²) in [5.41, 5.74) is 7.30. The highest BCUT2D eigenvalue weighted by Gasteiger charge is 2.26. The summed E-state index contributed by atoms with van der Waals surface area (Å²) >= 11 is 0. The van der Waals surface area contributed by atoms with Gasteiger partial charge in [0.2, 0.25) is 0 Å². The van der Waals surface area contributed by atoms with Crippen LogP contribution in [0.25, 0.3) is 34.3 Å². The lowest BCUT2D eigenvalue weighted by Crippen LogP contribution is -2.37. The molecule has 6 rings (SSSR count). The first-order valence-corrected chi connectivity index (χ1v) is 14.5. The van der Waals surface area contributed by atoms with Crippen molar-refractivity contribution in [2.45, 2.75) is 39.2 Å². The summed E-state index contributed by atoms with van der Waals surface area (Å²) in [6.45, 7) is 7.75. The molecule has 5 nitrogen and oxygen atoms in total. The molecular weight excluding hydrogens is 516 g/mol. The van der Waals surface area contributed by atoms with Gasteiger partial charge in [-0.15, -0.1) is 0 Å². The number of carbonyl (C=O) groups is 1. The summed E-state index contributed by atoms with van der Waals surface area (Å²) in [7, 11) is 1.89. The average molecular weight is 553 g/mol. The van der Waals surface area contributed by atoms with E-state index in [0.29, 0.717) is 30.9 Å². The van der Waals surface area contributed by atoms with Crippen LogP contribution in [0.3, 0.4) is 0 Å². The topological polar surface area (TPSA) is 58.1 Å². The molecule has 5 aromatic rings. The van der Waals surface area contributed by atoms with E-state index in [1.807, 2.05) is 48.3 Å². The molecule has 0 saturated heterocycles. The number of amides is 1. The molecule has 1 aromatic heterocycles. The molecule has 4 aromatic carbocycles. The molecule has 0 fully saturated rings. The maximum Gasteiger partial charge on any atom is 0.254 e. The van der Waals surface area contributed by atoms with Crippen LogP contribution < -0.4 is 5.32 Å². The first-order valence-electron chi connectivity index (χ1n) is 14.5. The Labute approximate surface area is 248 Å². The van der Waals surface area contributed by atoms with Crippen molar-refractivity contribution in [3.05, 3.63) is 125 Å². The number of rotatable bonds is 5. The fourth-order valence-corrected chi connectivity index (χ4v) is 5.47. The highest BCUT2D eigenvalue weighted by Crippen LogP contribution is 2.29. The normalized spacial score (nSPS) is 13.4. The van der Waals surface area contributed by atoms with Gasteiger partial charge in [-0.1, -0.05) is 106 Å². The van der Waals surface area contributed by atoms with E-state index in [0.717, 1.165) is 39.2 Å². The van der Waals surface area contributed by atoms with Crippen LogP contribution in [0.5, 0.6) is 0 Å². The van der Waals surface area contributed by atoms with Gasteiger partial charge in [0.15, 0.2) is 5.82 Å². The summed E-state index contributed by atoms with van der Waals surface area (Å²) in [5, 5.41) is 5.59. The van der Waals surface area contributed by atoms with Crippen LogP contribution in [0.4, 0.5) is 5.82 Å². The molecule has 210 valence electrons.